The van der Waals surface area contributed by atoms with Gasteiger partial charge in [0.2, 0.25) is 0 Å². The van der Waals surface area contributed by atoms with Gasteiger partial charge in [-0.15, -0.1) is 0 Å². The molecule has 0 aromatic heterocycles. The minimum Gasteiger partial charge on any atom is -0.490 e. The van der Waals surface area contributed by atoms with Crippen LogP contribution in [0, 0.1) is 19.8 Å². The molecule has 2 atom stereocenters. The van der Waals surface area contributed by atoms with Gasteiger partial charge in [0.05, 0.1) is 12.0 Å². The van der Waals surface area contributed by atoms with Gasteiger partial charge in [0, 0.05) is 11.1 Å². The van der Waals surface area contributed by atoms with Gasteiger partial charge in [-0.3, -0.25) is 9.59 Å². The SMILES string of the molecule is Cc1c(O[C@H]2CC[C@H](C(=O)O)C2)ccc(C(=O)c2ccccc2)c1C. The molecule has 0 spiro atoms. The van der Waals surface area contributed by atoms with Gasteiger partial charge in [-0.25, -0.2) is 0 Å². The van der Waals surface area contributed by atoms with Gasteiger partial charge in [-0.2, -0.15) is 0 Å². The zero-order valence-corrected chi connectivity index (χ0v) is 14.5. The van der Waals surface area contributed by atoms with Crippen LogP contribution in [0.1, 0.15) is 46.3 Å². The van der Waals surface area contributed by atoms with Crippen LogP contribution in [0.25, 0.3) is 0 Å². The van der Waals surface area contributed by atoms with Gasteiger partial charge < -0.3 is 9.84 Å². The van der Waals surface area contributed by atoms with Crippen LogP contribution in [-0.2, 0) is 4.79 Å². The van der Waals surface area contributed by atoms with Gasteiger partial charge in [0.1, 0.15) is 5.75 Å². The lowest BCUT2D eigenvalue weighted by atomic mass is 9.95. The van der Waals surface area contributed by atoms with E-state index in [1.807, 2.05) is 50.2 Å². The number of hydrogen-bond acceptors (Lipinski definition) is 3. The van der Waals surface area contributed by atoms with Crippen LogP contribution in [0.5, 0.6) is 5.75 Å². The fourth-order valence-corrected chi connectivity index (χ4v) is 3.37. The number of carboxylic acid groups (broad SMARTS) is 1. The highest BCUT2D eigenvalue weighted by Gasteiger charge is 2.31. The van der Waals surface area contributed by atoms with E-state index >= 15 is 0 Å². The molecule has 0 bridgehead atoms. The summed E-state index contributed by atoms with van der Waals surface area (Å²) >= 11 is 0. The zero-order valence-electron chi connectivity index (χ0n) is 14.5. The molecule has 2 aromatic carbocycles. The fraction of sp³-hybridized carbons (Fsp3) is 0.333. The predicted molar refractivity (Wildman–Crippen MR) is 95.2 cm³/mol. The van der Waals surface area contributed by atoms with E-state index in [9.17, 15) is 9.59 Å². The third-order valence-electron chi connectivity index (χ3n) is 5.05. The van der Waals surface area contributed by atoms with E-state index in [2.05, 4.69) is 0 Å². The Bertz CT molecular complexity index is 795. The van der Waals surface area contributed by atoms with Crippen molar-refractivity contribution in [2.24, 2.45) is 5.92 Å². The lowest BCUT2D eigenvalue weighted by molar-refractivity contribution is -0.141. The molecule has 4 heteroatoms. The van der Waals surface area contributed by atoms with Crippen LogP contribution in [-0.4, -0.2) is 23.0 Å². The third-order valence-corrected chi connectivity index (χ3v) is 5.05. The fourth-order valence-electron chi connectivity index (χ4n) is 3.37. The number of hydrogen-bond donors (Lipinski definition) is 1. The van der Waals surface area contributed by atoms with Gasteiger partial charge in [0.15, 0.2) is 5.78 Å². The maximum absolute atomic E-state index is 12.7. The van der Waals surface area contributed by atoms with E-state index in [0.717, 1.165) is 23.3 Å². The van der Waals surface area contributed by atoms with Crippen molar-refractivity contribution in [2.75, 3.05) is 0 Å². The van der Waals surface area contributed by atoms with E-state index in [1.165, 1.54) is 0 Å². The molecule has 0 saturated heterocycles. The summed E-state index contributed by atoms with van der Waals surface area (Å²) < 4.78 is 6.03. The first kappa shape index (κ1) is 17.2. The molecule has 0 radical (unpaired) electrons. The molecule has 0 aliphatic heterocycles. The van der Waals surface area contributed by atoms with Crippen molar-refractivity contribution in [2.45, 2.75) is 39.2 Å². The molecule has 4 nitrogen and oxygen atoms in total. The second kappa shape index (κ2) is 7.09. The summed E-state index contributed by atoms with van der Waals surface area (Å²) in [6, 6.07) is 12.8. The Kier molecular flexibility index (Phi) is 4.88. The number of benzene rings is 2. The summed E-state index contributed by atoms with van der Waals surface area (Å²) in [5.41, 5.74) is 3.17. The van der Waals surface area contributed by atoms with Crippen molar-refractivity contribution >= 4 is 11.8 Å². The molecule has 25 heavy (non-hydrogen) atoms. The topological polar surface area (TPSA) is 63.6 Å². The Morgan fingerprint density at radius 1 is 1.00 bits per heavy atom. The molecule has 1 saturated carbocycles. The van der Waals surface area contributed by atoms with Gasteiger partial charge in [-0.1, -0.05) is 30.3 Å². The molecule has 2 aromatic rings. The van der Waals surface area contributed by atoms with Crippen LogP contribution in [0.3, 0.4) is 0 Å². The normalized spacial score (nSPS) is 19.6. The van der Waals surface area contributed by atoms with E-state index in [4.69, 9.17) is 9.84 Å². The Morgan fingerprint density at radius 2 is 1.72 bits per heavy atom. The van der Waals surface area contributed by atoms with E-state index in [1.54, 1.807) is 6.07 Å². The van der Waals surface area contributed by atoms with Gasteiger partial charge >= 0.3 is 5.97 Å². The number of rotatable bonds is 5. The average molecular weight is 338 g/mol. The predicted octanol–water partition coefficient (Wildman–Crippen LogP) is 4.17. The highest BCUT2D eigenvalue weighted by Crippen LogP contribution is 2.32. The lowest BCUT2D eigenvalue weighted by Gasteiger charge is -2.18. The minimum absolute atomic E-state index is 0.000410. The Hall–Kier alpha value is -2.62. The molecular weight excluding hydrogens is 316 g/mol. The van der Waals surface area contributed by atoms with Crippen molar-refractivity contribution in [1.29, 1.82) is 0 Å². The van der Waals surface area contributed by atoms with Crippen LogP contribution in [0.2, 0.25) is 0 Å². The Balaban J connectivity index is 1.79. The third kappa shape index (κ3) is 3.58. The lowest BCUT2D eigenvalue weighted by Crippen LogP contribution is -2.16. The first-order valence-electron chi connectivity index (χ1n) is 8.56. The monoisotopic (exact) mass is 338 g/mol. The first-order chi connectivity index (χ1) is 12.0. The van der Waals surface area contributed by atoms with Crippen molar-refractivity contribution < 1.29 is 19.4 Å². The molecule has 1 N–H and O–H groups in total. The Morgan fingerprint density at radius 3 is 2.36 bits per heavy atom. The average Bonchev–Trinajstić information content (AvgIpc) is 3.08. The minimum atomic E-state index is -0.747. The van der Waals surface area contributed by atoms with E-state index < -0.39 is 5.97 Å². The Labute approximate surface area is 147 Å². The summed E-state index contributed by atoms with van der Waals surface area (Å²) in [5, 5.41) is 9.11. The standard InChI is InChI=1S/C21H22O4/c1-13-14(2)19(25-17-9-8-16(12-17)21(23)24)11-10-18(13)20(22)15-6-4-3-5-7-15/h3-7,10-11,16-17H,8-9,12H2,1-2H3,(H,23,24)/t16-,17-/m0/s1. The molecule has 130 valence electrons. The van der Waals surface area contributed by atoms with E-state index in [-0.39, 0.29) is 17.8 Å². The molecule has 0 heterocycles. The van der Waals surface area contributed by atoms with Crippen molar-refractivity contribution in [3.63, 3.8) is 0 Å². The summed E-state index contributed by atoms with van der Waals surface area (Å²) in [7, 11) is 0. The number of aliphatic carboxylic acids is 1. The van der Waals surface area contributed by atoms with Crippen LogP contribution >= 0.6 is 0 Å². The van der Waals surface area contributed by atoms with Gasteiger partial charge in [0.25, 0.3) is 0 Å². The number of carbonyl (C=O) groups excluding carboxylic acids is 1. The maximum Gasteiger partial charge on any atom is 0.306 e. The molecule has 0 unspecified atom stereocenters. The molecule has 3 rings (SSSR count). The summed E-state index contributed by atoms with van der Waals surface area (Å²) in [5.74, 6) is -0.328. The maximum atomic E-state index is 12.7. The molecule has 1 aliphatic rings. The summed E-state index contributed by atoms with van der Waals surface area (Å²) in [6.07, 6.45) is 1.87. The number of carbonyl (C=O) groups is 2. The van der Waals surface area contributed by atoms with Crippen LogP contribution in [0.4, 0.5) is 0 Å². The van der Waals surface area contributed by atoms with Crippen molar-refractivity contribution in [1.82, 2.24) is 0 Å². The van der Waals surface area contributed by atoms with Crippen molar-refractivity contribution in [3.8, 4) is 5.75 Å². The van der Waals surface area contributed by atoms with E-state index in [0.29, 0.717) is 24.0 Å². The zero-order chi connectivity index (χ0) is 18.0. The van der Waals surface area contributed by atoms with Gasteiger partial charge in [-0.05, 0) is 56.4 Å². The first-order valence-corrected chi connectivity index (χ1v) is 8.56. The number of ether oxygens (including phenoxy) is 1. The van der Waals surface area contributed by atoms with Crippen molar-refractivity contribution in [3.05, 3.63) is 64.7 Å². The van der Waals surface area contributed by atoms with Crippen LogP contribution in [0.15, 0.2) is 42.5 Å². The molecule has 0 amide bonds. The quantitative estimate of drug-likeness (QED) is 0.831. The smallest absolute Gasteiger partial charge is 0.306 e. The molecule has 1 aliphatic carbocycles. The summed E-state index contributed by atoms with van der Waals surface area (Å²) in [4.78, 5) is 23.8. The second-order valence-electron chi connectivity index (χ2n) is 6.64. The summed E-state index contributed by atoms with van der Waals surface area (Å²) in [6.45, 7) is 3.86. The highest BCUT2D eigenvalue weighted by atomic mass is 16.5. The number of ketones is 1. The molecular formula is C21H22O4. The highest BCUT2D eigenvalue weighted by molar-refractivity contribution is 6.10. The van der Waals surface area contributed by atoms with Crippen LogP contribution < -0.4 is 4.74 Å². The largest absolute Gasteiger partial charge is 0.490 e. The second-order valence-corrected chi connectivity index (χ2v) is 6.64. The number of carboxylic acids is 1. The molecule has 1 fully saturated rings.